The molecule has 1 aliphatic heterocycles. The Morgan fingerprint density at radius 3 is 2.56 bits per heavy atom. The van der Waals surface area contributed by atoms with Crippen molar-refractivity contribution in [3.8, 4) is 0 Å². The van der Waals surface area contributed by atoms with Crippen LogP contribution in [0.5, 0.6) is 0 Å². The van der Waals surface area contributed by atoms with E-state index in [1.165, 1.54) is 12.8 Å². The van der Waals surface area contributed by atoms with Gasteiger partial charge in [-0.1, -0.05) is 26.7 Å². The Hall–Kier alpha value is -0.240. The van der Waals surface area contributed by atoms with Crippen molar-refractivity contribution in [3.05, 3.63) is 0 Å². The lowest BCUT2D eigenvalue weighted by Gasteiger charge is -2.36. The zero-order valence-corrected chi connectivity index (χ0v) is 12.5. The van der Waals surface area contributed by atoms with Crippen LogP contribution in [0.25, 0.3) is 0 Å². The van der Waals surface area contributed by atoms with Crippen LogP contribution in [0.1, 0.15) is 58.8 Å². The van der Waals surface area contributed by atoms with E-state index in [1.807, 2.05) is 0 Å². The largest absolute Gasteiger partial charge is 0.338 e. The second-order valence-corrected chi connectivity index (χ2v) is 6.84. The molecular weight excluding hydrogens is 246 g/mol. The average molecular weight is 272 g/mol. The maximum atomic E-state index is 12.9. The molecule has 2 fully saturated rings. The number of alkyl halides is 1. The van der Waals surface area contributed by atoms with Crippen LogP contribution >= 0.6 is 11.6 Å². The Labute approximate surface area is 116 Å². The fourth-order valence-electron chi connectivity index (χ4n) is 3.91. The highest BCUT2D eigenvalue weighted by atomic mass is 35.5. The normalized spacial score (nSPS) is 27.1. The van der Waals surface area contributed by atoms with Crippen molar-refractivity contribution >= 4 is 17.5 Å². The summed E-state index contributed by atoms with van der Waals surface area (Å²) < 4.78 is 0. The molecule has 0 bridgehead atoms. The van der Waals surface area contributed by atoms with E-state index in [-0.39, 0.29) is 5.41 Å². The molecule has 0 aromatic heterocycles. The summed E-state index contributed by atoms with van der Waals surface area (Å²) in [7, 11) is 0. The number of halogens is 1. The smallest absolute Gasteiger partial charge is 0.229 e. The number of rotatable bonds is 4. The molecule has 0 aromatic rings. The zero-order chi connectivity index (χ0) is 13.2. The molecule has 0 spiro atoms. The van der Waals surface area contributed by atoms with E-state index >= 15 is 0 Å². The van der Waals surface area contributed by atoms with Gasteiger partial charge in [-0.3, -0.25) is 4.79 Å². The molecular formula is C15H26ClNO. The minimum Gasteiger partial charge on any atom is -0.338 e. The molecule has 3 heteroatoms. The Balaban J connectivity index is 2.13. The Bertz CT molecular complexity index is 297. The van der Waals surface area contributed by atoms with Gasteiger partial charge in [-0.2, -0.15) is 0 Å². The summed E-state index contributed by atoms with van der Waals surface area (Å²) in [5, 5.41) is 0. The summed E-state index contributed by atoms with van der Waals surface area (Å²) in [5.74, 6) is 1.62. The summed E-state index contributed by atoms with van der Waals surface area (Å²) in [6.07, 6.45) is 7.89. The first kappa shape index (κ1) is 14.2. The van der Waals surface area contributed by atoms with Gasteiger partial charge in [0.15, 0.2) is 0 Å². The Morgan fingerprint density at radius 1 is 1.33 bits per heavy atom. The summed E-state index contributed by atoms with van der Waals surface area (Å²) in [6.45, 7) is 5.39. The summed E-state index contributed by atoms with van der Waals surface area (Å²) in [6, 6.07) is 0.295. The molecule has 1 amide bonds. The molecule has 0 N–H and O–H groups in total. The highest BCUT2D eigenvalue weighted by molar-refractivity contribution is 6.18. The van der Waals surface area contributed by atoms with Crippen LogP contribution in [0.3, 0.4) is 0 Å². The van der Waals surface area contributed by atoms with E-state index in [1.54, 1.807) is 0 Å². The van der Waals surface area contributed by atoms with Crippen molar-refractivity contribution in [2.75, 3.05) is 12.4 Å². The third-order valence-corrected chi connectivity index (χ3v) is 4.99. The van der Waals surface area contributed by atoms with Crippen molar-refractivity contribution in [1.29, 1.82) is 0 Å². The Kier molecular flexibility index (Phi) is 4.58. The number of amides is 1. The zero-order valence-electron chi connectivity index (χ0n) is 11.8. The lowest BCUT2D eigenvalue weighted by atomic mass is 9.77. The van der Waals surface area contributed by atoms with Crippen LogP contribution in [0.2, 0.25) is 0 Å². The lowest BCUT2D eigenvalue weighted by Crippen LogP contribution is -2.46. The van der Waals surface area contributed by atoms with Crippen molar-refractivity contribution < 1.29 is 4.79 Å². The maximum absolute atomic E-state index is 12.9. The predicted octanol–water partition coefficient (Wildman–Crippen LogP) is 3.82. The van der Waals surface area contributed by atoms with Crippen LogP contribution in [0.15, 0.2) is 0 Å². The summed E-state index contributed by atoms with van der Waals surface area (Å²) >= 11 is 6.01. The fraction of sp³-hybridized carbons (Fsp3) is 0.933. The van der Waals surface area contributed by atoms with Crippen LogP contribution < -0.4 is 0 Å². The van der Waals surface area contributed by atoms with Crippen LogP contribution in [0.4, 0.5) is 0 Å². The number of carbonyl (C=O) groups excluding carboxylic acids is 1. The molecule has 0 radical (unpaired) electrons. The van der Waals surface area contributed by atoms with Crippen LogP contribution in [-0.2, 0) is 4.79 Å². The van der Waals surface area contributed by atoms with Gasteiger partial charge in [0.25, 0.3) is 0 Å². The van der Waals surface area contributed by atoms with Crippen molar-refractivity contribution in [2.45, 2.75) is 64.8 Å². The third kappa shape index (κ3) is 2.68. The number of hydrogen-bond donors (Lipinski definition) is 0. The molecule has 1 heterocycles. The molecule has 1 unspecified atom stereocenters. The number of carbonyl (C=O) groups is 1. The molecule has 2 aliphatic rings. The van der Waals surface area contributed by atoms with Gasteiger partial charge in [0.05, 0.1) is 0 Å². The van der Waals surface area contributed by atoms with Crippen LogP contribution in [0, 0.1) is 11.3 Å². The average Bonchev–Trinajstić information content (AvgIpc) is 2.95. The fourth-order valence-corrected chi connectivity index (χ4v) is 4.23. The molecule has 1 aliphatic carbocycles. The van der Waals surface area contributed by atoms with Gasteiger partial charge in [-0.05, 0) is 38.0 Å². The van der Waals surface area contributed by atoms with Crippen molar-refractivity contribution in [1.82, 2.24) is 4.90 Å². The van der Waals surface area contributed by atoms with E-state index in [0.29, 0.717) is 23.7 Å². The second kappa shape index (κ2) is 5.81. The first-order valence-corrected chi connectivity index (χ1v) is 7.99. The lowest BCUT2D eigenvalue weighted by molar-refractivity contribution is -0.143. The molecule has 1 atom stereocenters. The molecule has 104 valence electrons. The van der Waals surface area contributed by atoms with Gasteiger partial charge in [0, 0.05) is 23.9 Å². The van der Waals surface area contributed by atoms with Gasteiger partial charge in [0.2, 0.25) is 5.91 Å². The highest BCUT2D eigenvalue weighted by Crippen LogP contribution is 2.45. The van der Waals surface area contributed by atoms with E-state index < -0.39 is 0 Å². The molecule has 2 rings (SSSR count). The second-order valence-electron chi connectivity index (χ2n) is 6.53. The molecule has 0 aromatic carbocycles. The highest BCUT2D eigenvalue weighted by Gasteiger charge is 2.45. The van der Waals surface area contributed by atoms with E-state index in [4.69, 9.17) is 11.6 Å². The molecule has 1 saturated carbocycles. The molecule has 18 heavy (non-hydrogen) atoms. The quantitative estimate of drug-likeness (QED) is 0.712. The maximum Gasteiger partial charge on any atom is 0.229 e. The third-order valence-electron chi connectivity index (χ3n) is 4.63. The molecule has 1 saturated heterocycles. The number of nitrogens with zero attached hydrogens (tertiary/aromatic N) is 1. The van der Waals surface area contributed by atoms with Gasteiger partial charge < -0.3 is 4.90 Å². The van der Waals surface area contributed by atoms with E-state index in [0.717, 1.165) is 38.6 Å². The van der Waals surface area contributed by atoms with Gasteiger partial charge in [0.1, 0.15) is 0 Å². The van der Waals surface area contributed by atoms with E-state index in [9.17, 15) is 4.79 Å². The standard InChI is InChI=1S/C15H26ClNO/c1-12(2)10-15(7-3-4-8-15)14(18)17-9-5-6-13(17)11-16/h12-13H,3-11H2,1-2H3. The number of hydrogen-bond acceptors (Lipinski definition) is 1. The van der Waals surface area contributed by atoms with Crippen molar-refractivity contribution in [2.24, 2.45) is 11.3 Å². The van der Waals surface area contributed by atoms with Gasteiger partial charge >= 0.3 is 0 Å². The van der Waals surface area contributed by atoms with Gasteiger partial charge in [-0.15, -0.1) is 11.6 Å². The monoisotopic (exact) mass is 271 g/mol. The first-order chi connectivity index (χ1) is 8.59. The first-order valence-electron chi connectivity index (χ1n) is 7.46. The topological polar surface area (TPSA) is 20.3 Å². The van der Waals surface area contributed by atoms with E-state index in [2.05, 4.69) is 18.7 Å². The summed E-state index contributed by atoms with van der Waals surface area (Å²) in [5.41, 5.74) is -0.0528. The SMILES string of the molecule is CC(C)CC1(C(=O)N2CCCC2CCl)CCCC1. The van der Waals surface area contributed by atoms with Crippen LogP contribution in [-0.4, -0.2) is 29.3 Å². The van der Waals surface area contributed by atoms with Gasteiger partial charge in [-0.25, -0.2) is 0 Å². The number of likely N-dealkylation sites (tertiary alicyclic amines) is 1. The van der Waals surface area contributed by atoms with Crippen molar-refractivity contribution in [3.63, 3.8) is 0 Å². The minimum atomic E-state index is -0.0528. The minimum absolute atomic E-state index is 0.0528. The predicted molar refractivity (Wildman–Crippen MR) is 75.8 cm³/mol. The Morgan fingerprint density at radius 2 is 2.00 bits per heavy atom. The molecule has 2 nitrogen and oxygen atoms in total. The summed E-state index contributed by atoms with van der Waals surface area (Å²) in [4.78, 5) is 15.0.